The van der Waals surface area contributed by atoms with E-state index in [0.717, 1.165) is 17.9 Å². The first-order chi connectivity index (χ1) is 9.55. The zero-order valence-electron chi connectivity index (χ0n) is 11.5. The molecule has 0 aliphatic heterocycles. The summed E-state index contributed by atoms with van der Waals surface area (Å²) in [6.07, 6.45) is 0.435. The first-order valence-electron chi connectivity index (χ1n) is 6.49. The molecule has 6 heteroatoms. The van der Waals surface area contributed by atoms with Crippen molar-refractivity contribution in [2.45, 2.75) is 32.9 Å². The van der Waals surface area contributed by atoms with Gasteiger partial charge >= 0.3 is 0 Å². The number of halogens is 2. The van der Waals surface area contributed by atoms with Crippen LogP contribution >= 0.6 is 11.6 Å². The lowest BCUT2D eigenvalue weighted by atomic mass is 10.0. The van der Waals surface area contributed by atoms with Gasteiger partial charge in [0, 0.05) is 11.6 Å². The van der Waals surface area contributed by atoms with Crippen molar-refractivity contribution in [3.63, 3.8) is 0 Å². The number of nitrogens with one attached hydrogen (secondary N) is 1. The van der Waals surface area contributed by atoms with E-state index in [0.29, 0.717) is 17.0 Å². The highest BCUT2D eigenvalue weighted by Crippen LogP contribution is 2.22. The molecule has 0 spiro atoms. The SMILES string of the molecule is CCn1nc(C)cc1C(Cc1ccc(Cl)cc1F)NN. The quantitative estimate of drug-likeness (QED) is 0.659. The summed E-state index contributed by atoms with van der Waals surface area (Å²) in [5.41, 5.74) is 5.17. The van der Waals surface area contributed by atoms with Gasteiger partial charge in [-0.1, -0.05) is 17.7 Å². The van der Waals surface area contributed by atoms with Crippen molar-refractivity contribution < 1.29 is 4.39 Å². The summed E-state index contributed by atoms with van der Waals surface area (Å²) >= 11 is 5.76. The average Bonchev–Trinajstić information content (AvgIpc) is 2.79. The van der Waals surface area contributed by atoms with E-state index in [4.69, 9.17) is 17.4 Å². The highest BCUT2D eigenvalue weighted by Gasteiger charge is 2.18. The Balaban J connectivity index is 2.28. The van der Waals surface area contributed by atoms with Crippen LogP contribution in [0.4, 0.5) is 4.39 Å². The summed E-state index contributed by atoms with van der Waals surface area (Å²) in [5.74, 6) is 5.30. The maximum atomic E-state index is 13.9. The van der Waals surface area contributed by atoms with Gasteiger partial charge in [0.25, 0.3) is 0 Å². The number of hydrogen-bond donors (Lipinski definition) is 2. The van der Waals surface area contributed by atoms with Crippen LogP contribution in [0, 0.1) is 12.7 Å². The normalized spacial score (nSPS) is 12.7. The summed E-state index contributed by atoms with van der Waals surface area (Å²) in [5, 5.41) is 4.77. The van der Waals surface area contributed by atoms with E-state index in [1.165, 1.54) is 6.07 Å². The number of rotatable bonds is 5. The molecule has 0 amide bonds. The second-order valence-corrected chi connectivity index (χ2v) is 5.12. The van der Waals surface area contributed by atoms with E-state index in [2.05, 4.69) is 10.5 Å². The van der Waals surface area contributed by atoms with Crippen LogP contribution in [-0.2, 0) is 13.0 Å². The van der Waals surface area contributed by atoms with Crippen molar-refractivity contribution in [1.29, 1.82) is 0 Å². The second-order valence-electron chi connectivity index (χ2n) is 4.69. The maximum Gasteiger partial charge on any atom is 0.127 e. The van der Waals surface area contributed by atoms with Crippen molar-refractivity contribution in [2.75, 3.05) is 0 Å². The Bertz CT molecular complexity index is 597. The molecule has 108 valence electrons. The molecule has 2 aromatic rings. The van der Waals surface area contributed by atoms with Gasteiger partial charge in [0.05, 0.1) is 17.4 Å². The van der Waals surface area contributed by atoms with E-state index in [-0.39, 0.29) is 11.9 Å². The minimum atomic E-state index is -0.322. The molecule has 0 aliphatic carbocycles. The van der Waals surface area contributed by atoms with Crippen LogP contribution in [0.2, 0.25) is 5.02 Å². The van der Waals surface area contributed by atoms with Crippen LogP contribution in [0.15, 0.2) is 24.3 Å². The minimum Gasteiger partial charge on any atom is -0.271 e. The Morgan fingerprint density at radius 2 is 2.20 bits per heavy atom. The number of aryl methyl sites for hydroxylation is 2. The third kappa shape index (κ3) is 3.17. The van der Waals surface area contributed by atoms with E-state index in [9.17, 15) is 4.39 Å². The van der Waals surface area contributed by atoms with Gasteiger partial charge in [-0.3, -0.25) is 16.0 Å². The van der Waals surface area contributed by atoms with Gasteiger partial charge in [-0.05, 0) is 44.0 Å². The Labute approximate surface area is 122 Å². The predicted octanol–water partition coefficient (Wildman–Crippen LogP) is 2.75. The highest BCUT2D eigenvalue weighted by molar-refractivity contribution is 6.30. The van der Waals surface area contributed by atoms with Crippen LogP contribution in [0.3, 0.4) is 0 Å². The molecule has 0 bridgehead atoms. The fraction of sp³-hybridized carbons (Fsp3) is 0.357. The predicted molar refractivity (Wildman–Crippen MR) is 77.8 cm³/mol. The molecule has 1 unspecified atom stereocenters. The van der Waals surface area contributed by atoms with E-state index in [1.54, 1.807) is 12.1 Å². The Hall–Kier alpha value is -1.43. The van der Waals surface area contributed by atoms with Crippen molar-refractivity contribution in [3.05, 3.63) is 52.1 Å². The molecule has 1 atom stereocenters. The number of nitrogens with zero attached hydrogens (tertiary/aromatic N) is 2. The van der Waals surface area contributed by atoms with Crippen molar-refractivity contribution in [1.82, 2.24) is 15.2 Å². The monoisotopic (exact) mass is 296 g/mol. The minimum absolute atomic E-state index is 0.202. The van der Waals surface area contributed by atoms with E-state index in [1.807, 2.05) is 24.6 Å². The van der Waals surface area contributed by atoms with Crippen LogP contribution in [0.1, 0.15) is 29.9 Å². The van der Waals surface area contributed by atoms with E-state index >= 15 is 0 Å². The first kappa shape index (κ1) is 15.0. The summed E-state index contributed by atoms with van der Waals surface area (Å²) in [6, 6.07) is 6.43. The van der Waals surface area contributed by atoms with Crippen LogP contribution in [0.5, 0.6) is 0 Å². The third-order valence-corrected chi connectivity index (χ3v) is 3.47. The standard InChI is InChI=1S/C14H18ClFN4/c1-3-20-14(6-9(2)19-20)13(18-17)7-10-4-5-11(15)8-12(10)16/h4-6,8,13,18H,3,7,17H2,1-2H3. The number of benzene rings is 1. The number of aromatic nitrogens is 2. The first-order valence-corrected chi connectivity index (χ1v) is 6.87. The molecule has 0 saturated carbocycles. The Kier molecular flexibility index (Phi) is 4.75. The lowest BCUT2D eigenvalue weighted by molar-refractivity contribution is 0.480. The molecule has 0 aliphatic rings. The summed E-state index contributed by atoms with van der Waals surface area (Å²) in [4.78, 5) is 0. The molecule has 0 saturated heterocycles. The van der Waals surface area contributed by atoms with Gasteiger partial charge in [0.1, 0.15) is 5.82 Å². The molecule has 0 radical (unpaired) electrons. The van der Waals surface area contributed by atoms with E-state index < -0.39 is 0 Å². The molecule has 20 heavy (non-hydrogen) atoms. The fourth-order valence-corrected chi connectivity index (χ4v) is 2.41. The van der Waals surface area contributed by atoms with Crippen molar-refractivity contribution in [2.24, 2.45) is 5.84 Å². The number of hydrazine groups is 1. The summed E-state index contributed by atoms with van der Waals surface area (Å²) < 4.78 is 15.7. The lowest BCUT2D eigenvalue weighted by Crippen LogP contribution is -2.31. The van der Waals surface area contributed by atoms with Crippen molar-refractivity contribution >= 4 is 11.6 Å². The molecular weight excluding hydrogens is 279 g/mol. The molecule has 1 aromatic carbocycles. The van der Waals surface area contributed by atoms with Gasteiger partial charge in [-0.25, -0.2) is 4.39 Å². The van der Waals surface area contributed by atoms with Crippen LogP contribution in [-0.4, -0.2) is 9.78 Å². The van der Waals surface area contributed by atoms with Crippen LogP contribution in [0.25, 0.3) is 0 Å². The average molecular weight is 297 g/mol. The topological polar surface area (TPSA) is 55.9 Å². The summed E-state index contributed by atoms with van der Waals surface area (Å²) in [7, 11) is 0. The summed E-state index contributed by atoms with van der Waals surface area (Å²) in [6.45, 7) is 4.67. The van der Waals surface area contributed by atoms with Crippen LogP contribution < -0.4 is 11.3 Å². The second kappa shape index (κ2) is 6.35. The highest BCUT2D eigenvalue weighted by atomic mass is 35.5. The number of nitrogens with two attached hydrogens (primary N) is 1. The largest absolute Gasteiger partial charge is 0.271 e. The van der Waals surface area contributed by atoms with Gasteiger partial charge < -0.3 is 0 Å². The van der Waals surface area contributed by atoms with Gasteiger partial charge in [-0.2, -0.15) is 5.10 Å². The van der Waals surface area contributed by atoms with Crippen molar-refractivity contribution in [3.8, 4) is 0 Å². The van der Waals surface area contributed by atoms with Gasteiger partial charge in [0.2, 0.25) is 0 Å². The molecule has 1 heterocycles. The fourth-order valence-electron chi connectivity index (χ4n) is 2.26. The smallest absolute Gasteiger partial charge is 0.127 e. The third-order valence-electron chi connectivity index (χ3n) is 3.23. The Morgan fingerprint density at radius 1 is 1.45 bits per heavy atom. The molecule has 0 fully saturated rings. The zero-order chi connectivity index (χ0) is 14.7. The molecule has 3 N–H and O–H groups in total. The molecule has 4 nitrogen and oxygen atoms in total. The molecule has 2 rings (SSSR count). The van der Waals surface area contributed by atoms with Gasteiger partial charge in [0.15, 0.2) is 0 Å². The Morgan fingerprint density at radius 3 is 2.80 bits per heavy atom. The maximum absolute atomic E-state index is 13.9. The zero-order valence-corrected chi connectivity index (χ0v) is 12.3. The molecular formula is C14H18ClFN4. The molecule has 1 aromatic heterocycles. The number of hydrogen-bond acceptors (Lipinski definition) is 3. The lowest BCUT2D eigenvalue weighted by Gasteiger charge is -2.17. The van der Waals surface area contributed by atoms with Gasteiger partial charge in [-0.15, -0.1) is 0 Å².